The SMILES string of the molecule is Cc1cccc2c1C(=CNc1ccc(N3CCC4CCCC=C4C3)c(C(F)(F)F)c1)C(=O)N2. The molecule has 2 aromatic rings. The molecule has 0 spiro atoms. The molecule has 0 radical (unpaired) electrons. The molecule has 4 nitrogen and oxygen atoms in total. The van der Waals surface area contributed by atoms with Crippen molar-refractivity contribution < 1.29 is 18.0 Å². The van der Waals surface area contributed by atoms with Gasteiger partial charge in [-0.1, -0.05) is 23.8 Å². The molecule has 7 heteroatoms. The number of alkyl halides is 3. The molecule has 1 saturated heterocycles. The lowest BCUT2D eigenvalue weighted by Gasteiger charge is -2.38. The van der Waals surface area contributed by atoms with Crippen molar-refractivity contribution in [3.63, 3.8) is 0 Å². The number of carbonyl (C=O) groups excluding carboxylic acids is 1. The molecule has 2 aliphatic heterocycles. The molecule has 172 valence electrons. The second-order valence-electron chi connectivity index (χ2n) is 9.00. The average Bonchev–Trinajstić information content (AvgIpc) is 3.13. The number of hydrogen-bond acceptors (Lipinski definition) is 3. The minimum absolute atomic E-state index is 0.213. The maximum Gasteiger partial charge on any atom is 0.418 e. The van der Waals surface area contributed by atoms with Gasteiger partial charge in [-0.3, -0.25) is 4.79 Å². The third-order valence-corrected chi connectivity index (χ3v) is 6.87. The van der Waals surface area contributed by atoms with Crippen molar-refractivity contribution in [1.29, 1.82) is 0 Å². The summed E-state index contributed by atoms with van der Waals surface area (Å²) >= 11 is 0. The second kappa shape index (κ2) is 8.28. The van der Waals surface area contributed by atoms with Crippen LogP contribution in [-0.2, 0) is 11.0 Å². The molecule has 0 bridgehead atoms. The average molecular weight is 454 g/mol. The number of amides is 1. The largest absolute Gasteiger partial charge is 0.418 e. The summed E-state index contributed by atoms with van der Waals surface area (Å²) in [6, 6.07) is 9.89. The number of benzene rings is 2. The summed E-state index contributed by atoms with van der Waals surface area (Å²) in [5.74, 6) is 0.240. The Kier molecular flexibility index (Phi) is 5.43. The molecule has 2 N–H and O–H groups in total. The van der Waals surface area contributed by atoms with E-state index in [0.29, 0.717) is 36.0 Å². The fourth-order valence-electron chi connectivity index (χ4n) is 5.20. The standard InChI is InChI=1S/C26H26F3N3O/c1-16-5-4-8-22-24(16)20(25(33)31-22)14-30-19-9-10-23(21(13-19)26(27,28)29)32-12-11-17-6-2-3-7-18(17)15-32/h4-5,7-10,13-14,17,30H,2-3,6,11-12,15H2,1H3,(H,31,33). The Morgan fingerprint density at radius 3 is 2.85 bits per heavy atom. The highest BCUT2D eigenvalue weighted by Crippen LogP contribution is 2.42. The van der Waals surface area contributed by atoms with E-state index in [-0.39, 0.29) is 11.6 Å². The van der Waals surface area contributed by atoms with E-state index < -0.39 is 11.7 Å². The summed E-state index contributed by atoms with van der Waals surface area (Å²) in [6.45, 7) is 3.08. The zero-order valence-electron chi connectivity index (χ0n) is 18.4. The van der Waals surface area contributed by atoms with Gasteiger partial charge in [-0.25, -0.2) is 0 Å². The quantitative estimate of drug-likeness (QED) is 0.420. The first kappa shape index (κ1) is 21.6. The smallest absolute Gasteiger partial charge is 0.367 e. The monoisotopic (exact) mass is 453 g/mol. The van der Waals surface area contributed by atoms with E-state index in [1.807, 2.05) is 30.0 Å². The molecule has 1 atom stereocenters. The van der Waals surface area contributed by atoms with Gasteiger partial charge in [0.2, 0.25) is 0 Å². The summed E-state index contributed by atoms with van der Waals surface area (Å²) in [5.41, 5.74) is 3.93. The Hall–Kier alpha value is -3.22. The second-order valence-corrected chi connectivity index (χ2v) is 9.00. The van der Waals surface area contributed by atoms with Gasteiger partial charge in [0.05, 0.1) is 11.1 Å². The first-order valence-electron chi connectivity index (χ1n) is 11.3. The first-order valence-corrected chi connectivity index (χ1v) is 11.3. The number of halogens is 3. The minimum Gasteiger partial charge on any atom is -0.367 e. The van der Waals surface area contributed by atoms with Crippen molar-refractivity contribution in [1.82, 2.24) is 0 Å². The van der Waals surface area contributed by atoms with Gasteiger partial charge in [-0.2, -0.15) is 13.2 Å². The number of anilines is 3. The Balaban J connectivity index is 1.44. The fourth-order valence-corrected chi connectivity index (χ4v) is 5.20. The van der Waals surface area contributed by atoms with Crippen LogP contribution in [0.3, 0.4) is 0 Å². The molecule has 0 saturated carbocycles. The van der Waals surface area contributed by atoms with Crippen molar-refractivity contribution in [3.8, 4) is 0 Å². The summed E-state index contributed by atoms with van der Waals surface area (Å²) in [5, 5.41) is 5.72. The number of piperidine rings is 1. The Labute approximate surface area is 191 Å². The normalized spacial score (nSPS) is 21.4. The van der Waals surface area contributed by atoms with E-state index >= 15 is 0 Å². The number of rotatable bonds is 3. The maximum absolute atomic E-state index is 14.0. The molecule has 1 unspecified atom stereocenters. The highest BCUT2D eigenvalue weighted by atomic mass is 19.4. The Bertz CT molecular complexity index is 1170. The molecular formula is C26H26F3N3O. The summed E-state index contributed by atoms with van der Waals surface area (Å²) < 4.78 is 42.1. The van der Waals surface area contributed by atoms with E-state index in [2.05, 4.69) is 16.7 Å². The number of carbonyl (C=O) groups is 1. The third kappa shape index (κ3) is 4.12. The number of allylic oxidation sites excluding steroid dienone is 1. The molecule has 3 aliphatic rings. The van der Waals surface area contributed by atoms with Crippen LogP contribution < -0.4 is 15.5 Å². The van der Waals surface area contributed by atoms with E-state index in [0.717, 1.165) is 36.5 Å². The number of nitrogens with zero attached hydrogens (tertiary/aromatic N) is 1. The number of fused-ring (bicyclic) bond motifs is 2. The highest BCUT2D eigenvalue weighted by molar-refractivity contribution is 6.32. The van der Waals surface area contributed by atoms with Gasteiger partial charge in [0.15, 0.2) is 0 Å². The van der Waals surface area contributed by atoms with Crippen LogP contribution in [-0.4, -0.2) is 19.0 Å². The summed E-state index contributed by atoms with van der Waals surface area (Å²) in [4.78, 5) is 14.2. The lowest BCUT2D eigenvalue weighted by molar-refractivity contribution is -0.137. The van der Waals surface area contributed by atoms with Crippen LogP contribution in [0.5, 0.6) is 0 Å². The van der Waals surface area contributed by atoms with Crippen molar-refractivity contribution in [3.05, 3.63) is 70.9 Å². The van der Waals surface area contributed by atoms with Crippen LogP contribution in [0.1, 0.15) is 42.4 Å². The van der Waals surface area contributed by atoms with Crippen molar-refractivity contribution >= 4 is 28.5 Å². The van der Waals surface area contributed by atoms with E-state index in [4.69, 9.17) is 0 Å². The van der Waals surface area contributed by atoms with E-state index in [1.54, 1.807) is 12.1 Å². The number of nitrogens with one attached hydrogen (secondary N) is 2. The van der Waals surface area contributed by atoms with Gasteiger partial charge < -0.3 is 15.5 Å². The predicted octanol–water partition coefficient (Wildman–Crippen LogP) is 6.36. The zero-order valence-corrected chi connectivity index (χ0v) is 18.4. The number of hydrogen-bond donors (Lipinski definition) is 2. The lowest BCUT2D eigenvalue weighted by atomic mass is 9.82. The summed E-state index contributed by atoms with van der Waals surface area (Å²) in [6.07, 6.45) is 3.43. The molecule has 2 heterocycles. The van der Waals surface area contributed by atoms with E-state index in [1.165, 1.54) is 18.2 Å². The van der Waals surface area contributed by atoms with Crippen LogP contribution in [0.4, 0.5) is 30.2 Å². The fraction of sp³-hybridized carbons (Fsp3) is 0.346. The lowest BCUT2D eigenvalue weighted by Crippen LogP contribution is -2.37. The zero-order chi connectivity index (χ0) is 23.2. The van der Waals surface area contributed by atoms with Gasteiger partial charge in [0, 0.05) is 41.9 Å². The predicted molar refractivity (Wildman–Crippen MR) is 125 cm³/mol. The topological polar surface area (TPSA) is 44.4 Å². The Morgan fingerprint density at radius 2 is 2.03 bits per heavy atom. The van der Waals surface area contributed by atoms with Crippen LogP contribution in [0.2, 0.25) is 0 Å². The van der Waals surface area contributed by atoms with Crippen molar-refractivity contribution in [2.24, 2.45) is 5.92 Å². The first-order chi connectivity index (χ1) is 15.8. The maximum atomic E-state index is 14.0. The van der Waals surface area contributed by atoms with Gasteiger partial charge in [0.25, 0.3) is 5.91 Å². The summed E-state index contributed by atoms with van der Waals surface area (Å²) in [7, 11) is 0. The van der Waals surface area contributed by atoms with Crippen molar-refractivity contribution in [2.75, 3.05) is 28.6 Å². The molecule has 5 rings (SSSR count). The van der Waals surface area contributed by atoms with Crippen LogP contribution >= 0.6 is 0 Å². The number of aryl methyl sites for hydroxylation is 1. The van der Waals surface area contributed by atoms with Crippen LogP contribution in [0.15, 0.2) is 54.2 Å². The third-order valence-electron chi connectivity index (χ3n) is 6.87. The molecule has 1 fully saturated rings. The molecule has 1 amide bonds. The molecule has 1 aliphatic carbocycles. The van der Waals surface area contributed by atoms with Gasteiger partial charge in [-0.15, -0.1) is 0 Å². The molecule has 33 heavy (non-hydrogen) atoms. The highest BCUT2D eigenvalue weighted by Gasteiger charge is 2.37. The molecule has 0 aromatic heterocycles. The van der Waals surface area contributed by atoms with Gasteiger partial charge in [-0.05, 0) is 68.4 Å². The molecular weight excluding hydrogens is 427 g/mol. The van der Waals surface area contributed by atoms with Gasteiger partial charge >= 0.3 is 6.18 Å². The van der Waals surface area contributed by atoms with Gasteiger partial charge in [0.1, 0.15) is 0 Å². The van der Waals surface area contributed by atoms with Crippen molar-refractivity contribution in [2.45, 2.75) is 38.8 Å². The van der Waals surface area contributed by atoms with E-state index in [9.17, 15) is 18.0 Å². The molecule has 2 aromatic carbocycles. The Morgan fingerprint density at radius 1 is 1.18 bits per heavy atom. The van der Waals surface area contributed by atoms with Crippen LogP contribution in [0.25, 0.3) is 5.57 Å². The minimum atomic E-state index is -4.48. The van der Waals surface area contributed by atoms with Crippen LogP contribution in [0, 0.1) is 12.8 Å².